The Bertz CT molecular complexity index is 1190. The average molecular weight is 304 g/mol. The standard InChI is InChI=1S/C19H10ClNO/c20-17-14-10-9-11-5-1-2-6-12(11)18(14)21-19-16(17)13-7-3-4-8-15(13)22-19/h1-10H. The Hall–Kier alpha value is -2.58. The highest BCUT2D eigenvalue weighted by Crippen LogP contribution is 2.38. The molecule has 0 saturated carbocycles. The molecule has 0 amide bonds. The van der Waals surface area contributed by atoms with E-state index in [-0.39, 0.29) is 0 Å². The highest BCUT2D eigenvalue weighted by molar-refractivity contribution is 6.42. The van der Waals surface area contributed by atoms with Gasteiger partial charge in [0, 0.05) is 16.2 Å². The van der Waals surface area contributed by atoms with Gasteiger partial charge in [0.1, 0.15) is 5.58 Å². The van der Waals surface area contributed by atoms with Gasteiger partial charge in [-0.25, -0.2) is 4.98 Å². The average Bonchev–Trinajstić information content (AvgIpc) is 2.93. The lowest BCUT2D eigenvalue weighted by atomic mass is 10.0. The van der Waals surface area contributed by atoms with Gasteiger partial charge < -0.3 is 4.42 Å². The first-order chi connectivity index (χ1) is 10.8. The van der Waals surface area contributed by atoms with Crippen LogP contribution < -0.4 is 0 Å². The maximum atomic E-state index is 6.70. The van der Waals surface area contributed by atoms with Crippen molar-refractivity contribution in [2.45, 2.75) is 0 Å². The van der Waals surface area contributed by atoms with E-state index in [1.54, 1.807) is 0 Å². The molecule has 0 fully saturated rings. The minimum absolute atomic E-state index is 0.593. The Morgan fingerprint density at radius 2 is 1.55 bits per heavy atom. The molecule has 2 nitrogen and oxygen atoms in total. The molecule has 5 rings (SSSR count). The molecule has 0 N–H and O–H groups in total. The number of halogens is 1. The maximum Gasteiger partial charge on any atom is 0.229 e. The zero-order chi connectivity index (χ0) is 14.7. The summed E-state index contributed by atoms with van der Waals surface area (Å²) in [7, 11) is 0. The summed E-state index contributed by atoms with van der Waals surface area (Å²) < 4.78 is 5.89. The van der Waals surface area contributed by atoms with Gasteiger partial charge in [-0.15, -0.1) is 0 Å². The summed E-state index contributed by atoms with van der Waals surface area (Å²) >= 11 is 6.70. The fourth-order valence-corrected chi connectivity index (χ4v) is 3.45. The molecule has 0 aliphatic heterocycles. The van der Waals surface area contributed by atoms with Crippen LogP contribution in [0.2, 0.25) is 5.02 Å². The van der Waals surface area contributed by atoms with E-state index in [9.17, 15) is 0 Å². The van der Waals surface area contributed by atoms with E-state index in [1.165, 1.54) is 0 Å². The summed E-state index contributed by atoms with van der Waals surface area (Å²) in [6.07, 6.45) is 0. The van der Waals surface area contributed by atoms with Gasteiger partial charge >= 0.3 is 0 Å². The van der Waals surface area contributed by atoms with Gasteiger partial charge in [0.05, 0.1) is 15.9 Å². The van der Waals surface area contributed by atoms with Gasteiger partial charge in [-0.2, -0.15) is 0 Å². The first kappa shape index (κ1) is 12.0. The van der Waals surface area contributed by atoms with Gasteiger partial charge in [0.2, 0.25) is 5.71 Å². The Balaban J connectivity index is 2.09. The van der Waals surface area contributed by atoms with Crippen LogP contribution in [0.5, 0.6) is 0 Å². The van der Waals surface area contributed by atoms with Crippen molar-refractivity contribution in [3.05, 3.63) is 65.7 Å². The summed E-state index contributed by atoms with van der Waals surface area (Å²) in [6, 6.07) is 20.2. The number of rotatable bonds is 0. The molecule has 0 spiro atoms. The fraction of sp³-hybridized carbons (Fsp3) is 0. The second kappa shape index (κ2) is 4.21. The van der Waals surface area contributed by atoms with Crippen molar-refractivity contribution in [2.24, 2.45) is 0 Å². The van der Waals surface area contributed by atoms with E-state index in [0.29, 0.717) is 10.7 Å². The summed E-state index contributed by atoms with van der Waals surface area (Å²) in [4.78, 5) is 4.75. The van der Waals surface area contributed by atoms with E-state index in [2.05, 4.69) is 18.2 Å². The third kappa shape index (κ3) is 1.48. The van der Waals surface area contributed by atoms with Crippen LogP contribution in [0.4, 0.5) is 0 Å². The molecule has 0 saturated heterocycles. The number of hydrogen-bond acceptors (Lipinski definition) is 2. The van der Waals surface area contributed by atoms with Crippen LogP contribution in [0.3, 0.4) is 0 Å². The predicted molar refractivity (Wildman–Crippen MR) is 91.5 cm³/mol. The van der Waals surface area contributed by atoms with E-state index < -0.39 is 0 Å². The highest BCUT2D eigenvalue weighted by Gasteiger charge is 2.15. The topological polar surface area (TPSA) is 26.0 Å². The van der Waals surface area contributed by atoms with E-state index in [0.717, 1.165) is 38.0 Å². The monoisotopic (exact) mass is 303 g/mol. The number of hydrogen-bond donors (Lipinski definition) is 0. The number of furan rings is 1. The molecule has 0 bridgehead atoms. The molecule has 22 heavy (non-hydrogen) atoms. The predicted octanol–water partition coefficient (Wildman–Crippen LogP) is 5.94. The second-order valence-electron chi connectivity index (χ2n) is 5.39. The summed E-state index contributed by atoms with van der Waals surface area (Å²) in [5.41, 5.74) is 2.29. The van der Waals surface area contributed by atoms with Gasteiger partial charge in [-0.1, -0.05) is 66.2 Å². The van der Waals surface area contributed by atoms with Gasteiger partial charge in [-0.05, 0) is 11.5 Å². The van der Waals surface area contributed by atoms with Crippen molar-refractivity contribution < 1.29 is 4.42 Å². The molecule has 3 aromatic carbocycles. The summed E-state index contributed by atoms with van der Waals surface area (Å²) in [5.74, 6) is 0. The Kier molecular flexibility index (Phi) is 2.30. The number of para-hydroxylation sites is 1. The van der Waals surface area contributed by atoms with Crippen LogP contribution in [-0.4, -0.2) is 4.98 Å². The first-order valence-corrected chi connectivity index (χ1v) is 7.49. The van der Waals surface area contributed by atoms with Crippen LogP contribution in [0.1, 0.15) is 0 Å². The Morgan fingerprint density at radius 1 is 0.773 bits per heavy atom. The maximum absolute atomic E-state index is 6.70. The highest BCUT2D eigenvalue weighted by atomic mass is 35.5. The zero-order valence-corrected chi connectivity index (χ0v) is 12.3. The molecule has 3 heteroatoms. The molecule has 5 aromatic rings. The van der Waals surface area contributed by atoms with E-state index >= 15 is 0 Å². The SMILES string of the molecule is Clc1c2ccc3ccccc3c2nc2oc3ccccc3c12. The van der Waals surface area contributed by atoms with Gasteiger partial charge in [-0.3, -0.25) is 0 Å². The number of pyridine rings is 1. The third-order valence-corrected chi connectivity index (χ3v) is 4.54. The lowest BCUT2D eigenvalue weighted by molar-refractivity contribution is 0.656. The number of nitrogens with zero attached hydrogens (tertiary/aromatic N) is 1. The largest absolute Gasteiger partial charge is 0.438 e. The molecule has 0 aliphatic rings. The quantitative estimate of drug-likeness (QED) is 0.331. The minimum Gasteiger partial charge on any atom is -0.438 e. The van der Waals surface area contributed by atoms with Crippen molar-refractivity contribution in [2.75, 3.05) is 0 Å². The van der Waals surface area contributed by atoms with Crippen molar-refractivity contribution in [3.8, 4) is 0 Å². The first-order valence-electron chi connectivity index (χ1n) is 7.11. The van der Waals surface area contributed by atoms with Crippen LogP contribution in [-0.2, 0) is 0 Å². The number of fused-ring (bicyclic) bond motifs is 6. The van der Waals surface area contributed by atoms with Crippen LogP contribution in [0.15, 0.2) is 65.1 Å². The molecule has 2 aromatic heterocycles. The van der Waals surface area contributed by atoms with Crippen LogP contribution in [0, 0.1) is 0 Å². The molecule has 2 heterocycles. The van der Waals surface area contributed by atoms with Gasteiger partial charge in [0.15, 0.2) is 0 Å². The van der Waals surface area contributed by atoms with Crippen molar-refractivity contribution in [1.29, 1.82) is 0 Å². The smallest absolute Gasteiger partial charge is 0.229 e. The van der Waals surface area contributed by atoms with E-state index in [1.807, 2.05) is 42.5 Å². The fourth-order valence-electron chi connectivity index (χ4n) is 3.11. The van der Waals surface area contributed by atoms with E-state index in [4.69, 9.17) is 21.0 Å². The second-order valence-corrected chi connectivity index (χ2v) is 5.76. The van der Waals surface area contributed by atoms with Crippen molar-refractivity contribution in [3.63, 3.8) is 0 Å². The lowest BCUT2D eigenvalue weighted by Crippen LogP contribution is -1.84. The van der Waals surface area contributed by atoms with Crippen molar-refractivity contribution >= 4 is 55.3 Å². The van der Waals surface area contributed by atoms with Crippen molar-refractivity contribution in [1.82, 2.24) is 4.98 Å². The molecular weight excluding hydrogens is 294 g/mol. The zero-order valence-electron chi connectivity index (χ0n) is 11.5. The molecule has 0 aliphatic carbocycles. The summed E-state index contributed by atoms with van der Waals surface area (Å²) in [6.45, 7) is 0. The third-order valence-electron chi connectivity index (χ3n) is 4.15. The minimum atomic E-state index is 0.593. The number of aromatic nitrogens is 1. The van der Waals surface area contributed by atoms with Gasteiger partial charge in [0.25, 0.3) is 0 Å². The molecular formula is C19H10ClNO. The Labute approximate surface area is 130 Å². The van der Waals surface area contributed by atoms with Crippen LogP contribution in [0.25, 0.3) is 43.7 Å². The normalized spacial score (nSPS) is 11.9. The molecule has 0 radical (unpaired) electrons. The molecule has 0 atom stereocenters. The Morgan fingerprint density at radius 3 is 2.45 bits per heavy atom. The number of benzene rings is 3. The molecule has 0 unspecified atom stereocenters. The lowest BCUT2D eigenvalue weighted by Gasteiger charge is -2.05. The van der Waals surface area contributed by atoms with Crippen LogP contribution >= 0.6 is 11.6 Å². The summed E-state index contributed by atoms with van der Waals surface area (Å²) in [5, 5.41) is 5.79. The molecule has 104 valence electrons.